The zero-order chi connectivity index (χ0) is 13.7. The number of hydrogen-bond acceptors (Lipinski definition) is 6. The van der Waals surface area contributed by atoms with Crippen molar-refractivity contribution in [3.8, 4) is 0 Å². The average molecular weight is 284 g/mol. The van der Waals surface area contributed by atoms with Crippen LogP contribution < -0.4 is 5.32 Å². The zero-order valence-electron chi connectivity index (χ0n) is 10.7. The summed E-state index contributed by atoms with van der Waals surface area (Å²) in [6.45, 7) is 3.85. The summed E-state index contributed by atoms with van der Waals surface area (Å²) >= 11 is 1.37. The standard InChI is InChI=1S/C11H16N4O3S/c1-2-3-6-18-7-4-12-9-10(15(16)17)14-5-8-19-11(14)13-9/h5,8,12H,2-4,6-7H2,1H3. The first-order valence-electron chi connectivity index (χ1n) is 6.15. The molecule has 0 spiro atoms. The van der Waals surface area contributed by atoms with Crippen LogP contribution in [0.4, 0.5) is 11.6 Å². The number of fused-ring (bicyclic) bond motifs is 1. The van der Waals surface area contributed by atoms with Crippen molar-refractivity contribution in [3.05, 3.63) is 21.7 Å². The lowest BCUT2D eigenvalue weighted by Gasteiger charge is -2.04. The molecule has 1 N–H and O–H groups in total. The van der Waals surface area contributed by atoms with E-state index >= 15 is 0 Å². The SMILES string of the molecule is CCCCOCCNc1nc2sccn2c1[N+](=O)[O-]. The molecule has 2 aromatic heterocycles. The molecule has 0 saturated heterocycles. The number of unbranched alkanes of at least 4 members (excludes halogenated alkanes) is 1. The Morgan fingerprint density at radius 3 is 3.16 bits per heavy atom. The van der Waals surface area contributed by atoms with Crippen LogP contribution in [-0.2, 0) is 4.74 Å². The van der Waals surface area contributed by atoms with E-state index in [0.717, 1.165) is 19.4 Å². The fraction of sp³-hybridized carbons (Fsp3) is 0.545. The quantitative estimate of drug-likeness (QED) is 0.457. The van der Waals surface area contributed by atoms with Crippen LogP contribution in [0.5, 0.6) is 0 Å². The van der Waals surface area contributed by atoms with E-state index in [0.29, 0.717) is 23.9 Å². The third-order valence-electron chi connectivity index (χ3n) is 2.59. The minimum atomic E-state index is -0.424. The van der Waals surface area contributed by atoms with Crippen molar-refractivity contribution in [2.75, 3.05) is 25.1 Å². The third-order valence-corrected chi connectivity index (χ3v) is 3.35. The van der Waals surface area contributed by atoms with E-state index in [-0.39, 0.29) is 5.82 Å². The van der Waals surface area contributed by atoms with Crippen molar-refractivity contribution in [3.63, 3.8) is 0 Å². The van der Waals surface area contributed by atoms with Gasteiger partial charge in [-0.25, -0.2) is 0 Å². The average Bonchev–Trinajstić information content (AvgIpc) is 2.92. The van der Waals surface area contributed by atoms with E-state index in [1.165, 1.54) is 15.7 Å². The number of thiazole rings is 1. The van der Waals surface area contributed by atoms with E-state index in [4.69, 9.17) is 4.74 Å². The molecule has 2 aromatic rings. The van der Waals surface area contributed by atoms with Gasteiger partial charge >= 0.3 is 5.82 Å². The second-order valence-electron chi connectivity index (χ2n) is 3.99. The number of ether oxygens (including phenoxy) is 1. The van der Waals surface area contributed by atoms with E-state index < -0.39 is 4.92 Å². The molecule has 0 unspecified atom stereocenters. The number of nitro groups is 1. The Morgan fingerprint density at radius 1 is 1.58 bits per heavy atom. The summed E-state index contributed by atoms with van der Waals surface area (Å²) in [4.78, 5) is 15.4. The maximum atomic E-state index is 11.0. The molecule has 0 atom stereocenters. The minimum absolute atomic E-state index is 0.0233. The van der Waals surface area contributed by atoms with Crippen LogP contribution >= 0.6 is 11.3 Å². The first kappa shape index (κ1) is 13.8. The fourth-order valence-electron chi connectivity index (χ4n) is 1.66. The van der Waals surface area contributed by atoms with Gasteiger partial charge in [-0.2, -0.15) is 9.38 Å². The second kappa shape index (κ2) is 6.48. The Kier molecular flexibility index (Phi) is 4.69. The molecule has 0 bridgehead atoms. The molecule has 0 saturated carbocycles. The summed E-state index contributed by atoms with van der Waals surface area (Å²) in [6.07, 6.45) is 3.77. The molecule has 7 nitrogen and oxygen atoms in total. The Morgan fingerprint density at radius 2 is 2.42 bits per heavy atom. The molecule has 0 aliphatic heterocycles. The molecule has 0 aliphatic carbocycles. The number of anilines is 1. The van der Waals surface area contributed by atoms with Gasteiger partial charge in [0.1, 0.15) is 6.20 Å². The number of nitrogens with zero attached hydrogens (tertiary/aromatic N) is 3. The molecule has 0 amide bonds. The van der Waals surface area contributed by atoms with Crippen LogP contribution in [-0.4, -0.2) is 34.1 Å². The summed E-state index contributed by atoms with van der Waals surface area (Å²) in [5.41, 5.74) is 0. The molecule has 0 radical (unpaired) electrons. The molecule has 104 valence electrons. The normalized spacial score (nSPS) is 11.0. The summed E-state index contributed by atoms with van der Waals surface area (Å²) in [6, 6.07) is 0. The summed E-state index contributed by atoms with van der Waals surface area (Å²) < 4.78 is 6.86. The van der Waals surface area contributed by atoms with Crippen LogP contribution in [0.1, 0.15) is 19.8 Å². The van der Waals surface area contributed by atoms with Crippen molar-refractivity contribution in [2.24, 2.45) is 0 Å². The highest BCUT2D eigenvalue weighted by Crippen LogP contribution is 2.27. The fourth-order valence-corrected chi connectivity index (χ4v) is 2.37. The Labute approximate surface area is 114 Å². The molecule has 8 heteroatoms. The lowest BCUT2D eigenvalue weighted by Crippen LogP contribution is -2.11. The highest BCUT2D eigenvalue weighted by atomic mass is 32.1. The van der Waals surface area contributed by atoms with Gasteiger partial charge < -0.3 is 20.2 Å². The van der Waals surface area contributed by atoms with Crippen molar-refractivity contribution in [1.29, 1.82) is 0 Å². The van der Waals surface area contributed by atoms with Crippen LogP contribution in [0.3, 0.4) is 0 Å². The lowest BCUT2D eigenvalue weighted by atomic mass is 10.4. The topological polar surface area (TPSA) is 81.7 Å². The minimum Gasteiger partial charge on any atom is -0.380 e. The molecule has 0 fully saturated rings. The van der Waals surface area contributed by atoms with Gasteiger partial charge in [0.25, 0.3) is 4.96 Å². The van der Waals surface area contributed by atoms with Gasteiger partial charge in [-0.15, -0.1) is 0 Å². The maximum absolute atomic E-state index is 11.0. The molecule has 19 heavy (non-hydrogen) atoms. The van der Waals surface area contributed by atoms with Gasteiger partial charge in [0.2, 0.25) is 5.82 Å². The highest BCUT2D eigenvalue weighted by molar-refractivity contribution is 7.15. The van der Waals surface area contributed by atoms with E-state index in [9.17, 15) is 10.1 Å². The van der Waals surface area contributed by atoms with Gasteiger partial charge in [-0.05, 0) is 11.3 Å². The molecular weight excluding hydrogens is 268 g/mol. The van der Waals surface area contributed by atoms with Crippen LogP contribution in [0.15, 0.2) is 11.6 Å². The number of nitrogens with one attached hydrogen (secondary N) is 1. The van der Waals surface area contributed by atoms with Crippen molar-refractivity contribution >= 4 is 27.9 Å². The van der Waals surface area contributed by atoms with Crippen molar-refractivity contribution in [2.45, 2.75) is 19.8 Å². The number of imidazole rings is 1. The smallest absolute Gasteiger partial charge is 0.372 e. The predicted molar refractivity (Wildman–Crippen MR) is 73.9 cm³/mol. The summed E-state index contributed by atoms with van der Waals surface area (Å²) in [5, 5.41) is 15.8. The molecule has 2 rings (SSSR count). The molecule has 2 heterocycles. The molecular formula is C11H16N4O3S. The molecule has 0 aliphatic rings. The summed E-state index contributed by atoms with van der Waals surface area (Å²) in [5.74, 6) is 0.278. The van der Waals surface area contributed by atoms with Gasteiger partial charge in [0, 0.05) is 18.5 Å². The first-order valence-corrected chi connectivity index (χ1v) is 7.03. The van der Waals surface area contributed by atoms with Gasteiger partial charge in [0.15, 0.2) is 0 Å². The maximum Gasteiger partial charge on any atom is 0.372 e. The van der Waals surface area contributed by atoms with E-state index in [1.54, 1.807) is 11.6 Å². The van der Waals surface area contributed by atoms with Gasteiger partial charge in [0.05, 0.1) is 6.61 Å². The van der Waals surface area contributed by atoms with Crippen LogP contribution in [0, 0.1) is 10.1 Å². The Bertz CT molecular complexity index is 551. The number of hydrogen-bond donors (Lipinski definition) is 1. The second-order valence-corrected chi connectivity index (χ2v) is 4.86. The Hall–Kier alpha value is -1.67. The highest BCUT2D eigenvalue weighted by Gasteiger charge is 2.22. The molecule has 0 aromatic carbocycles. The van der Waals surface area contributed by atoms with Gasteiger partial charge in [-0.1, -0.05) is 24.7 Å². The monoisotopic (exact) mass is 284 g/mol. The number of rotatable bonds is 8. The van der Waals surface area contributed by atoms with Crippen LogP contribution in [0.25, 0.3) is 4.96 Å². The Balaban J connectivity index is 1.94. The van der Waals surface area contributed by atoms with Crippen LogP contribution in [0.2, 0.25) is 0 Å². The zero-order valence-corrected chi connectivity index (χ0v) is 11.5. The lowest BCUT2D eigenvalue weighted by molar-refractivity contribution is -0.389. The summed E-state index contributed by atoms with van der Waals surface area (Å²) in [7, 11) is 0. The largest absolute Gasteiger partial charge is 0.380 e. The van der Waals surface area contributed by atoms with Crippen molar-refractivity contribution < 1.29 is 9.66 Å². The van der Waals surface area contributed by atoms with Gasteiger partial charge in [-0.3, -0.25) is 0 Å². The predicted octanol–water partition coefficient (Wildman–Crippen LogP) is 2.53. The van der Waals surface area contributed by atoms with E-state index in [1.807, 2.05) is 0 Å². The first-order chi connectivity index (χ1) is 9.24. The number of aromatic nitrogens is 2. The van der Waals surface area contributed by atoms with Crippen molar-refractivity contribution in [1.82, 2.24) is 9.38 Å². The third kappa shape index (κ3) is 3.21. The van der Waals surface area contributed by atoms with E-state index in [2.05, 4.69) is 17.2 Å².